The highest BCUT2D eigenvalue weighted by Gasteiger charge is 2.14. The van der Waals surface area contributed by atoms with Gasteiger partial charge < -0.3 is 9.53 Å². The van der Waals surface area contributed by atoms with Gasteiger partial charge in [-0.15, -0.1) is 0 Å². The van der Waals surface area contributed by atoms with Crippen molar-refractivity contribution >= 4 is 6.29 Å². The zero-order chi connectivity index (χ0) is 9.52. The van der Waals surface area contributed by atoms with Gasteiger partial charge in [-0.25, -0.2) is 0 Å². The van der Waals surface area contributed by atoms with Gasteiger partial charge in [0, 0.05) is 19.6 Å². The fraction of sp³-hybridized carbons (Fsp3) is 0.727. The summed E-state index contributed by atoms with van der Waals surface area (Å²) in [5.41, 5.74) is 1.33. The van der Waals surface area contributed by atoms with Gasteiger partial charge >= 0.3 is 0 Å². The van der Waals surface area contributed by atoms with Crippen LogP contribution in [-0.4, -0.2) is 20.0 Å². The van der Waals surface area contributed by atoms with E-state index in [4.69, 9.17) is 4.74 Å². The summed E-state index contributed by atoms with van der Waals surface area (Å²) in [6.07, 6.45) is 8.91. The number of aldehydes is 1. The van der Waals surface area contributed by atoms with E-state index in [1.165, 1.54) is 18.4 Å². The number of allylic oxidation sites excluding steroid dienone is 2. The molecule has 0 heterocycles. The first-order valence-corrected chi connectivity index (χ1v) is 5.01. The summed E-state index contributed by atoms with van der Waals surface area (Å²) in [5.74, 6) is 0.111. The standard InChI is InChI=1S/C11H18O2/c1-13-8-7-11(9-12)10-5-3-2-4-6-10/h5,9,11H,2-4,6-8H2,1H3. The van der Waals surface area contributed by atoms with Crippen LogP contribution in [0.1, 0.15) is 32.1 Å². The lowest BCUT2D eigenvalue weighted by molar-refractivity contribution is -0.110. The summed E-state index contributed by atoms with van der Waals surface area (Å²) in [5, 5.41) is 0. The molecule has 0 fully saturated rings. The van der Waals surface area contributed by atoms with Crippen LogP contribution in [0.15, 0.2) is 11.6 Å². The highest BCUT2D eigenvalue weighted by atomic mass is 16.5. The number of carbonyl (C=O) groups is 1. The topological polar surface area (TPSA) is 26.3 Å². The van der Waals surface area contributed by atoms with Gasteiger partial charge in [0.15, 0.2) is 0 Å². The number of hydrogen-bond acceptors (Lipinski definition) is 2. The maximum Gasteiger partial charge on any atom is 0.127 e. The van der Waals surface area contributed by atoms with Gasteiger partial charge in [0.05, 0.1) is 0 Å². The summed E-state index contributed by atoms with van der Waals surface area (Å²) < 4.78 is 4.98. The van der Waals surface area contributed by atoms with Crippen molar-refractivity contribution in [3.05, 3.63) is 11.6 Å². The van der Waals surface area contributed by atoms with E-state index in [2.05, 4.69) is 6.08 Å². The van der Waals surface area contributed by atoms with Crippen LogP contribution in [0.25, 0.3) is 0 Å². The number of hydrogen-bond donors (Lipinski definition) is 0. The predicted octanol–water partition coefficient (Wildman–Crippen LogP) is 2.34. The zero-order valence-electron chi connectivity index (χ0n) is 8.29. The molecule has 74 valence electrons. The van der Waals surface area contributed by atoms with Gasteiger partial charge in [-0.2, -0.15) is 0 Å². The molecule has 1 aliphatic carbocycles. The van der Waals surface area contributed by atoms with Crippen LogP contribution in [-0.2, 0) is 9.53 Å². The smallest absolute Gasteiger partial charge is 0.127 e. The first kappa shape index (κ1) is 10.5. The van der Waals surface area contributed by atoms with Crippen LogP contribution in [0.4, 0.5) is 0 Å². The Morgan fingerprint density at radius 3 is 3.00 bits per heavy atom. The molecule has 1 unspecified atom stereocenters. The largest absolute Gasteiger partial charge is 0.385 e. The molecule has 0 aliphatic heterocycles. The lowest BCUT2D eigenvalue weighted by Crippen LogP contribution is -2.11. The monoisotopic (exact) mass is 182 g/mol. The molecule has 0 spiro atoms. The molecule has 1 atom stereocenters. The van der Waals surface area contributed by atoms with Gasteiger partial charge in [-0.1, -0.05) is 11.6 Å². The average molecular weight is 182 g/mol. The first-order valence-electron chi connectivity index (χ1n) is 5.01. The molecule has 0 radical (unpaired) electrons. The third-order valence-corrected chi connectivity index (χ3v) is 2.60. The summed E-state index contributed by atoms with van der Waals surface area (Å²) in [7, 11) is 1.68. The van der Waals surface area contributed by atoms with Crippen molar-refractivity contribution in [3.63, 3.8) is 0 Å². The third kappa shape index (κ3) is 3.31. The number of methoxy groups -OCH3 is 1. The molecule has 0 bridgehead atoms. The molecule has 0 aromatic rings. The molecule has 2 heteroatoms. The van der Waals surface area contributed by atoms with Crippen molar-refractivity contribution in [1.29, 1.82) is 0 Å². The summed E-state index contributed by atoms with van der Waals surface area (Å²) >= 11 is 0. The van der Waals surface area contributed by atoms with Crippen molar-refractivity contribution < 1.29 is 9.53 Å². The van der Waals surface area contributed by atoms with E-state index in [9.17, 15) is 4.79 Å². The zero-order valence-corrected chi connectivity index (χ0v) is 8.29. The normalized spacial score (nSPS) is 19.3. The minimum atomic E-state index is 0.111. The third-order valence-electron chi connectivity index (χ3n) is 2.60. The van der Waals surface area contributed by atoms with Crippen molar-refractivity contribution in [2.75, 3.05) is 13.7 Å². The van der Waals surface area contributed by atoms with E-state index in [0.717, 1.165) is 25.5 Å². The van der Waals surface area contributed by atoms with E-state index < -0.39 is 0 Å². The molecule has 0 saturated carbocycles. The Bertz CT molecular complexity index is 185. The van der Waals surface area contributed by atoms with Crippen LogP contribution in [0.5, 0.6) is 0 Å². The Balaban J connectivity index is 2.44. The second-order valence-corrected chi connectivity index (χ2v) is 3.55. The van der Waals surface area contributed by atoms with Gasteiger partial charge in [0.1, 0.15) is 6.29 Å². The Hall–Kier alpha value is -0.630. The maximum absolute atomic E-state index is 10.8. The maximum atomic E-state index is 10.8. The second kappa shape index (κ2) is 5.92. The molecule has 0 amide bonds. The van der Waals surface area contributed by atoms with Crippen LogP contribution in [0.2, 0.25) is 0 Å². The lowest BCUT2D eigenvalue weighted by Gasteiger charge is -2.18. The van der Waals surface area contributed by atoms with Crippen molar-refractivity contribution in [1.82, 2.24) is 0 Å². The van der Waals surface area contributed by atoms with Crippen LogP contribution >= 0.6 is 0 Å². The highest BCUT2D eigenvalue weighted by molar-refractivity contribution is 5.58. The highest BCUT2D eigenvalue weighted by Crippen LogP contribution is 2.25. The van der Waals surface area contributed by atoms with Crippen LogP contribution < -0.4 is 0 Å². The minimum absolute atomic E-state index is 0.111. The fourth-order valence-electron chi connectivity index (χ4n) is 1.79. The number of carbonyl (C=O) groups excluding carboxylic acids is 1. The van der Waals surface area contributed by atoms with E-state index in [0.29, 0.717) is 6.61 Å². The van der Waals surface area contributed by atoms with Crippen LogP contribution in [0, 0.1) is 5.92 Å². The molecule has 0 aromatic carbocycles. The summed E-state index contributed by atoms with van der Waals surface area (Å²) in [6, 6.07) is 0. The lowest BCUT2D eigenvalue weighted by atomic mass is 9.88. The molecule has 0 N–H and O–H groups in total. The molecule has 1 rings (SSSR count). The molecular weight excluding hydrogens is 164 g/mol. The Morgan fingerprint density at radius 1 is 1.62 bits per heavy atom. The molecule has 2 nitrogen and oxygen atoms in total. The molecule has 13 heavy (non-hydrogen) atoms. The second-order valence-electron chi connectivity index (χ2n) is 3.55. The van der Waals surface area contributed by atoms with Crippen molar-refractivity contribution in [2.45, 2.75) is 32.1 Å². The van der Waals surface area contributed by atoms with E-state index in [1.54, 1.807) is 7.11 Å². The van der Waals surface area contributed by atoms with Gasteiger partial charge in [0.2, 0.25) is 0 Å². The minimum Gasteiger partial charge on any atom is -0.385 e. The van der Waals surface area contributed by atoms with Crippen LogP contribution in [0.3, 0.4) is 0 Å². The van der Waals surface area contributed by atoms with Crippen molar-refractivity contribution in [3.8, 4) is 0 Å². The van der Waals surface area contributed by atoms with Gasteiger partial charge in [-0.3, -0.25) is 0 Å². The summed E-state index contributed by atoms with van der Waals surface area (Å²) in [6.45, 7) is 0.681. The number of rotatable bonds is 5. The fourth-order valence-corrected chi connectivity index (χ4v) is 1.79. The molecule has 0 aromatic heterocycles. The van der Waals surface area contributed by atoms with E-state index >= 15 is 0 Å². The molecule has 0 saturated heterocycles. The van der Waals surface area contributed by atoms with Crippen molar-refractivity contribution in [2.24, 2.45) is 5.92 Å². The Morgan fingerprint density at radius 2 is 2.46 bits per heavy atom. The Kier molecular flexibility index (Phi) is 4.76. The molecular formula is C11H18O2. The SMILES string of the molecule is COCCC(C=O)C1=CCCCC1. The quantitative estimate of drug-likeness (QED) is 0.482. The van der Waals surface area contributed by atoms with E-state index in [-0.39, 0.29) is 5.92 Å². The molecule has 1 aliphatic rings. The van der Waals surface area contributed by atoms with Gasteiger partial charge in [0.25, 0.3) is 0 Å². The predicted molar refractivity (Wildman–Crippen MR) is 52.6 cm³/mol. The number of ether oxygens (including phenoxy) is 1. The average Bonchev–Trinajstić information content (AvgIpc) is 2.21. The first-order chi connectivity index (χ1) is 6.38. The summed E-state index contributed by atoms with van der Waals surface area (Å²) in [4.78, 5) is 10.8. The Labute approximate surface area is 80.0 Å². The van der Waals surface area contributed by atoms with E-state index in [1.807, 2.05) is 0 Å². The van der Waals surface area contributed by atoms with Gasteiger partial charge in [-0.05, 0) is 32.1 Å².